The number of carbonyl (C=O) groups is 1. The molecule has 0 aromatic heterocycles. The lowest BCUT2D eigenvalue weighted by atomic mass is 10.2. The summed E-state index contributed by atoms with van der Waals surface area (Å²) >= 11 is 0. The number of anilines is 2. The summed E-state index contributed by atoms with van der Waals surface area (Å²) in [7, 11) is 1.57. The van der Waals surface area contributed by atoms with Crippen LogP contribution < -0.4 is 25.8 Å². The quantitative estimate of drug-likeness (QED) is 0.463. The summed E-state index contributed by atoms with van der Waals surface area (Å²) in [5.74, 6) is 0.181. The number of hydrogen-bond donors (Lipinski definition) is 2. The molecule has 2 aromatic rings. The fourth-order valence-corrected chi connectivity index (χ4v) is 2.74. The average molecular weight is 413 g/mol. The first-order valence-corrected chi connectivity index (χ1v) is 9.78. The molecular formula is C23H28FN3O3. The molecule has 2 aromatic carbocycles. The molecule has 0 atom stereocenters. The zero-order chi connectivity index (χ0) is 21.9. The maximum Gasteiger partial charge on any atom is 0.224 e. The summed E-state index contributed by atoms with van der Waals surface area (Å²) in [6.45, 7) is 8.37. The summed E-state index contributed by atoms with van der Waals surface area (Å²) in [5.41, 5.74) is 1.39. The highest BCUT2D eigenvalue weighted by Gasteiger charge is 2.07. The van der Waals surface area contributed by atoms with Gasteiger partial charge in [-0.25, -0.2) is 9.38 Å². The highest BCUT2D eigenvalue weighted by molar-refractivity contribution is 5.90. The third-order valence-electron chi connectivity index (χ3n) is 4.11. The Morgan fingerprint density at radius 1 is 1.17 bits per heavy atom. The number of benzene rings is 2. The van der Waals surface area contributed by atoms with Crippen molar-refractivity contribution >= 4 is 35.9 Å². The van der Waals surface area contributed by atoms with Crippen molar-refractivity contribution in [1.82, 2.24) is 0 Å². The lowest BCUT2D eigenvalue weighted by Crippen LogP contribution is -2.31. The highest BCUT2D eigenvalue weighted by atomic mass is 19.1. The van der Waals surface area contributed by atoms with Crippen LogP contribution in [-0.2, 0) is 9.53 Å². The van der Waals surface area contributed by atoms with Crippen LogP contribution in [0.4, 0.5) is 15.8 Å². The van der Waals surface area contributed by atoms with Crippen LogP contribution in [0, 0.1) is 5.82 Å². The Bertz CT molecular complexity index is 988. The van der Waals surface area contributed by atoms with Crippen LogP contribution in [0.1, 0.15) is 26.7 Å². The molecule has 6 nitrogen and oxygen atoms in total. The van der Waals surface area contributed by atoms with E-state index >= 15 is 0 Å². The molecule has 0 radical (unpaired) electrons. The molecule has 160 valence electrons. The van der Waals surface area contributed by atoms with Crippen molar-refractivity contribution in [3.05, 3.63) is 52.7 Å². The van der Waals surface area contributed by atoms with Crippen molar-refractivity contribution < 1.29 is 18.7 Å². The van der Waals surface area contributed by atoms with E-state index in [-0.39, 0.29) is 11.1 Å². The maximum atomic E-state index is 14.8. The van der Waals surface area contributed by atoms with Crippen LogP contribution in [0.2, 0.25) is 0 Å². The van der Waals surface area contributed by atoms with Gasteiger partial charge in [-0.2, -0.15) is 0 Å². The number of ether oxygens (including phenoxy) is 2. The number of methoxy groups -OCH3 is 1. The van der Waals surface area contributed by atoms with E-state index in [1.54, 1.807) is 50.6 Å². The minimum Gasteiger partial charge on any atom is -0.491 e. The first-order chi connectivity index (χ1) is 14.5. The smallest absolute Gasteiger partial charge is 0.224 e. The third kappa shape index (κ3) is 6.70. The van der Waals surface area contributed by atoms with E-state index in [9.17, 15) is 9.18 Å². The van der Waals surface area contributed by atoms with Crippen molar-refractivity contribution in [1.29, 1.82) is 0 Å². The number of hydrogen-bond acceptors (Lipinski definition) is 5. The van der Waals surface area contributed by atoms with Crippen molar-refractivity contribution in [2.24, 2.45) is 4.99 Å². The molecule has 0 fully saturated rings. The third-order valence-corrected chi connectivity index (χ3v) is 4.11. The Kier molecular flexibility index (Phi) is 9.03. The molecule has 2 N–H and O–H groups in total. The molecule has 0 saturated carbocycles. The Morgan fingerprint density at radius 2 is 1.83 bits per heavy atom. The van der Waals surface area contributed by atoms with Gasteiger partial charge >= 0.3 is 0 Å². The van der Waals surface area contributed by atoms with E-state index in [4.69, 9.17) is 9.47 Å². The number of amides is 1. The molecule has 0 aliphatic carbocycles. The molecular weight excluding hydrogens is 385 g/mol. The summed E-state index contributed by atoms with van der Waals surface area (Å²) in [6.07, 6.45) is 2.83. The van der Waals surface area contributed by atoms with Gasteiger partial charge in [0.05, 0.1) is 11.8 Å². The van der Waals surface area contributed by atoms with E-state index in [0.717, 1.165) is 6.42 Å². The molecule has 0 bridgehead atoms. The molecule has 0 spiro atoms. The zero-order valence-electron chi connectivity index (χ0n) is 17.6. The van der Waals surface area contributed by atoms with E-state index in [0.29, 0.717) is 47.8 Å². The van der Waals surface area contributed by atoms with Crippen LogP contribution in [0.3, 0.4) is 0 Å². The number of nitrogens with zero attached hydrogens (tertiary/aromatic N) is 1. The minimum absolute atomic E-state index is 0.0300. The number of halogens is 1. The fraction of sp³-hybridized carbons (Fsp3) is 0.304. The average Bonchev–Trinajstić information content (AvgIpc) is 2.69. The monoisotopic (exact) mass is 413 g/mol. The topological polar surface area (TPSA) is 72.0 Å². The lowest BCUT2D eigenvalue weighted by molar-refractivity contribution is -0.116. The molecule has 0 unspecified atom stereocenters. The van der Waals surface area contributed by atoms with Crippen LogP contribution in [0.15, 0.2) is 41.4 Å². The predicted octanol–water partition coefficient (Wildman–Crippen LogP) is 3.27. The maximum absolute atomic E-state index is 14.8. The summed E-state index contributed by atoms with van der Waals surface area (Å²) in [6, 6.07) is 10.1. The highest BCUT2D eigenvalue weighted by Crippen LogP contribution is 2.16. The number of nitrogens with one attached hydrogen (secondary N) is 2. The standard InChI is InChI=1S/C23H28FN3O3/c1-5-7-21(28)26-17-8-10-18(11-9-17)27-23(25-6-2)22-16(3)14-19(15-20(22)24)30-13-12-29-4/h6,8-11,14-15,27H,3,5,7,12-13H2,1-2,4H3,(H,26,28)/b23-22-,25-6?. The molecule has 30 heavy (non-hydrogen) atoms. The largest absolute Gasteiger partial charge is 0.491 e. The van der Waals surface area contributed by atoms with E-state index < -0.39 is 5.82 Å². The summed E-state index contributed by atoms with van der Waals surface area (Å²) in [5, 5.41) is 6.65. The number of carbonyl (C=O) groups excluding carboxylic acids is 1. The van der Waals surface area contributed by atoms with Crippen LogP contribution in [-0.4, -0.2) is 32.4 Å². The molecule has 1 amide bonds. The van der Waals surface area contributed by atoms with Gasteiger partial charge in [0.15, 0.2) is 0 Å². The van der Waals surface area contributed by atoms with Gasteiger partial charge in [0.2, 0.25) is 5.91 Å². The van der Waals surface area contributed by atoms with Crippen molar-refractivity contribution in [2.45, 2.75) is 26.7 Å². The molecule has 0 heterocycles. The van der Waals surface area contributed by atoms with Crippen molar-refractivity contribution in [3.63, 3.8) is 0 Å². The number of aliphatic imine (C=N–C) groups is 1. The van der Waals surface area contributed by atoms with Gasteiger partial charge in [-0.1, -0.05) is 13.5 Å². The second kappa shape index (κ2) is 11.7. The van der Waals surface area contributed by atoms with Gasteiger partial charge in [0.1, 0.15) is 24.0 Å². The predicted molar refractivity (Wildman–Crippen MR) is 120 cm³/mol. The Balaban J connectivity index is 2.30. The van der Waals surface area contributed by atoms with E-state index in [1.165, 1.54) is 6.07 Å². The van der Waals surface area contributed by atoms with Gasteiger partial charge in [0, 0.05) is 37.2 Å². The second-order valence-corrected chi connectivity index (χ2v) is 6.52. The summed E-state index contributed by atoms with van der Waals surface area (Å²) < 4.78 is 25.3. The SMILES string of the molecule is C=c1cc(OCCOC)cc(F)/c1=C(/N=CC)Nc1ccc(NC(=O)CCC)cc1. The normalized spacial score (nSPS) is 12.0. The molecule has 2 rings (SSSR count). The summed E-state index contributed by atoms with van der Waals surface area (Å²) in [4.78, 5) is 16.0. The Labute approximate surface area is 176 Å². The second-order valence-electron chi connectivity index (χ2n) is 6.52. The first-order valence-electron chi connectivity index (χ1n) is 9.78. The molecule has 0 saturated heterocycles. The van der Waals surface area contributed by atoms with Gasteiger partial charge in [-0.3, -0.25) is 4.79 Å². The van der Waals surface area contributed by atoms with Crippen LogP contribution in [0.25, 0.3) is 12.4 Å². The molecule has 7 heteroatoms. The Morgan fingerprint density at radius 3 is 2.40 bits per heavy atom. The van der Waals surface area contributed by atoms with Gasteiger partial charge in [0.25, 0.3) is 0 Å². The minimum atomic E-state index is -0.494. The Hall–Kier alpha value is -3.19. The van der Waals surface area contributed by atoms with Gasteiger partial charge in [-0.15, -0.1) is 0 Å². The lowest BCUT2D eigenvalue weighted by Gasteiger charge is -2.11. The van der Waals surface area contributed by atoms with Crippen LogP contribution in [0.5, 0.6) is 5.75 Å². The van der Waals surface area contributed by atoms with Crippen molar-refractivity contribution in [3.8, 4) is 5.75 Å². The fourth-order valence-electron chi connectivity index (χ4n) is 2.74. The van der Waals surface area contributed by atoms with Crippen molar-refractivity contribution in [2.75, 3.05) is 31.0 Å². The van der Waals surface area contributed by atoms with Gasteiger partial charge < -0.3 is 20.1 Å². The number of rotatable bonds is 10. The van der Waals surface area contributed by atoms with Gasteiger partial charge in [-0.05, 0) is 48.9 Å². The van der Waals surface area contributed by atoms with E-state index in [1.807, 2.05) is 6.92 Å². The van der Waals surface area contributed by atoms with E-state index in [2.05, 4.69) is 22.2 Å². The molecule has 0 aliphatic heterocycles. The first kappa shape index (κ1) is 23.1. The molecule has 0 aliphatic rings. The van der Waals surface area contributed by atoms with Crippen LogP contribution >= 0.6 is 0 Å². The zero-order valence-corrected chi connectivity index (χ0v) is 17.6.